The number of benzene rings is 2. The molecule has 0 unspecified atom stereocenters. The van der Waals surface area contributed by atoms with E-state index < -0.39 is 23.6 Å². The predicted octanol–water partition coefficient (Wildman–Crippen LogP) is 2.81. The van der Waals surface area contributed by atoms with Crippen LogP contribution in [0.25, 0.3) is 0 Å². The Balaban J connectivity index is 1.71. The van der Waals surface area contributed by atoms with Gasteiger partial charge in [-0.2, -0.15) is 0 Å². The van der Waals surface area contributed by atoms with Gasteiger partial charge in [0.15, 0.2) is 0 Å². The van der Waals surface area contributed by atoms with E-state index >= 15 is 0 Å². The summed E-state index contributed by atoms with van der Waals surface area (Å²) in [4.78, 5) is 26.2. The molecule has 1 heterocycles. The lowest BCUT2D eigenvalue weighted by Gasteiger charge is -2.17. The van der Waals surface area contributed by atoms with Gasteiger partial charge in [-0.1, -0.05) is 17.7 Å². The SMILES string of the molecule is Cc1ccc(N2CC[C@H](NC(=O)c3ccc(F)cc3F)C2=O)cc1. The van der Waals surface area contributed by atoms with Crippen LogP contribution in [0.4, 0.5) is 14.5 Å². The third-order valence-corrected chi connectivity index (χ3v) is 4.03. The van der Waals surface area contributed by atoms with E-state index in [4.69, 9.17) is 0 Å². The van der Waals surface area contributed by atoms with Crippen LogP contribution in [0.2, 0.25) is 0 Å². The zero-order valence-electron chi connectivity index (χ0n) is 13.1. The Morgan fingerprint density at radius 3 is 2.54 bits per heavy atom. The Morgan fingerprint density at radius 1 is 1.17 bits per heavy atom. The summed E-state index contributed by atoms with van der Waals surface area (Å²) in [5.74, 6) is -2.67. The number of carbonyl (C=O) groups is 2. The van der Waals surface area contributed by atoms with Crippen LogP contribution in [-0.4, -0.2) is 24.4 Å². The van der Waals surface area contributed by atoms with Gasteiger partial charge in [-0.05, 0) is 37.6 Å². The van der Waals surface area contributed by atoms with Crippen molar-refractivity contribution in [3.8, 4) is 0 Å². The van der Waals surface area contributed by atoms with Crippen LogP contribution in [0.5, 0.6) is 0 Å². The van der Waals surface area contributed by atoms with Crippen LogP contribution >= 0.6 is 0 Å². The number of amides is 2. The van der Waals surface area contributed by atoms with Gasteiger partial charge in [-0.3, -0.25) is 9.59 Å². The molecule has 6 heteroatoms. The van der Waals surface area contributed by atoms with Crippen molar-refractivity contribution in [3.63, 3.8) is 0 Å². The fraction of sp³-hybridized carbons (Fsp3) is 0.222. The highest BCUT2D eigenvalue weighted by molar-refractivity contribution is 6.03. The minimum atomic E-state index is -0.951. The van der Waals surface area contributed by atoms with E-state index in [1.54, 1.807) is 4.90 Å². The summed E-state index contributed by atoms with van der Waals surface area (Å²) in [7, 11) is 0. The first-order valence-corrected chi connectivity index (χ1v) is 7.59. The molecule has 2 aromatic carbocycles. The van der Waals surface area contributed by atoms with Gasteiger partial charge in [0, 0.05) is 18.3 Å². The van der Waals surface area contributed by atoms with Gasteiger partial charge in [-0.15, -0.1) is 0 Å². The zero-order chi connectivity index (χ0) is 17.3. The van der Waals surface area contributed by atoms with Gasteiger partial charge >= 0.3 is 0 Å². The Morgan fingerprint density at radius 2 is 1.88 bits per heavy atom. The molecule has 1 aliphatic heterocycles. The molecule has 0 radical (unpaired) electrons. The van der Waals surface area contributed by atoms with E-state index in [9.17, 15) is 18.4 Å². The Labute approximate surface area is 138 Å². The van der Waals surface area contributed by atoms with Crippen molar-refractivity contribution in [2.24, 2.45) is 0 Å². The summed E-state index contributed by atoms with van der Waals surface area (Å²) in [5, 5.41) is 2.52. The number of nitrogens with zero attached hydrogens (tertiary/aromatic N) is 1. The highest BCUT2D eigenvalue weighted by atomic mass is 19.1. The van der Waals surface area contributed by atoms with Gasteiger partial charge in [-0.25, -0.2) is 8.78 Å². The molecule has 0 saturated carbocycles. The van der Waals surface area contributed by atoms with Crippen LogP contribution in [-0.2, 0) is 4.79 Å². The maximum atomic E-state index is 13.7. The van der Waals surface area contributed by atoms with Crippen LogP contribution in [0.15, 0.2) is 42.5 Å². The molecular formula is C18H16F2N2O2. The molecule has 3 rings (SSSR count). The zero-order valence-corrected chi connectivity index (χ0v) is 13.1. The number of halogens is 2. The van der Waals surface area contributed by atoms with Crippen molar-refractivity contribution in [1.29, 1.82) is 0 Å². The Bertz CT molecular complexity index is 790. The molecular weight excluding hydrogens is 314 g/mol. The monoisotopic (exact) mass is 330 g/mol. The first-order chi connectivity index (χ1) is 11.5. The fourth-order valence-corrected chi connectivity index (χ4v) is 2.70. The summed E-state index contributed by atoms with van der Waals surface area (Å²) < 4.78 is 26.6. The molecule has 1 N–H and O–H groups in total. The number of nitrogens with one attached hydrogen (secondary N) is 1. The predicted molar refractivity (Wildman–Crippen MR) is 85.8 cm³/mol. The quantitative estimate of drug-likeness (QED) is 0.941. The van der Waals surface area contributed by atoms with Gasteiger partial charge in [0.05, 0.1) is 5.56 Å². The molecule has 1 saturated heterocycles. The Kier molecular flexibility index (Phi) is 4.29. The second kappa shape index (κ2) is 6.39. The molecule has 0 aliphatic carbocycles. The summed E-state index contributed by atoms with van der Waals surface area (Å²) in [5.41, 5.74) is 1.57. The smallest absolute Gasteiger partial charge is 0.254 e. The second-order valence-electron chi connectivity index (χ2n) is 5.76. The molecule has 124 valence electrons. The molecule has 2 amide bonds. The first kappa shape index (κ1) is 16.1. The lowest BCUT2D eigenvalue weighted by Crippen LogP contribution is -2.41. The second-order valence-corrected chi connectivity index (χ2v) is 5.76. The van der Waals surface area contributed by atoms with Crippen LogP contribution < -0.4 is 10.2 Å². The van der Waals surface area contributed by atoms with Crippen molar-refractivity contribution in [2.45, 2.75) is 19.4 Å². The average molecular weight is 330 g/mol. The van der Waals surface area contributed by atoms with Gasteiger partial charge < -0.3 is 10.2 Å². The molecule has 0 spiro atoms. The number of rotatable bonds is 3. The summed E-state index contributed by atoms with van der Waals surface area (Å²) in [6.07, 6.45) is 0.432. The van der Waals surface area contributed by atoms with Crippen LogP contribution in [0.1, 0.15) is 22.3 Å². The van der Waals surface area contributed by atoms with E-state index in [0.29, 0.717) is 19.0 Å². The van der Waals surface area contributed by atoms with Gasteiger partial charge in [0.1, 0.15) is 17.7 Å². The third kappa shape index (κ3) is 3.13. The van der Waals surface area contributed by atoms with Crippen molar-refractivity contribution in [3.05, 3.63) is 65.2 Å². The van der Waals surface area contributed by atoms with Crippen molar-refractivity contribution < 1.29 is 18.4 Å². The number of hydrogen-bond acceptors (Lipinski definition) is 2. The number of anilines is 1. The first-order valence-electron chi connectivity index (χ1n) is 7.59. The maximum Gasteiger partial charge on any atom is 0.254 e. The summed E-state index contributed by atoms with van der Waals surface area (Å²) in [6.45, 7) is 2.43. The third-order valence-electron chi connectivity index (χ3n) is 4.03. The topological polar surface area (TPSA) is 49.4 Å². The maximum absolute atomic E-state index is 13.7. The minimum Gasteiger partial charge on any atom is -0.340 e. The normalized spacial score (nSPS) is 17.2. The van der Waals surface area contributed by atoms with Crippen molar-refractivity contribution >= 4 is 17.5 Å². The van der Waals surface area contributed by atoms with E-state index in [2.05, 4.69) is 5.32 Å². The standard InChI is InChI=1S/C18H16F2N2O2/c1-11-2-5-13(6-3-11)22-9-8-16(18(22)24)21-17(23)14-7-4-12(19)10-15(14)20/h2-7,10,16H,8-9H2,1H3,(H,21,23)/t16-/m0/s1. The van der Waals surface area contributed by atoms with Crippen molar-refractivity contribution in [1.82, 2.24) is 5.32 Å². The molecule has 0 aromatic heterocycles. The molecule has 1 aliphatic rings. The van der Waals surface area contributed by atoms with E-state index in [1.807, 2.05) is 31.2 Å². The average Bonchev–Trinajstić information content (AvgIpc) is 2.89. The fourth-order valence-electron chi connectivity index (χ4n) is 2.70. The summed E-state index contributed by atoms with van der Waals surface area (Å²) >= 11 is 0. The van der Waals surface area contributed by atoms with Crippen LogP contribution in [0, 0.1) is 18.6 Å². The Hall–Kier alpha value is -2.76. The van der Waals surface area contributed by atoms with E-state index in [0.717, 1.165) is 23.4 Å². The van der Waals surface area contributed by atoms with Gasteiger partial charge in [0.2, 0.25) is 5.91 Å². The highest BCUT2D eigenvalue weighted by Crippen LogP contribution is 2.22. The van der Waals surface area contributed by atoms with Gasteiger partial charge in [0.25, 0.3) is 5.91 Å². The van der Waals surface area contributed by atoms with Crippen molar-refractivity contribution in [2.75, 3.05) is 11.4 Å². The van der Waals surface area contributed by atoms with E-state index in [1.165, 1.54) is 0 Å². The lowest BCUT2D eigenvalue weighted by molar-refractivity contribution is -0.118. The minimum absolute atomic E-state index is 0.241. The number of carbonyl (C=O) groups excluding carboxylic acids is 2. The molecule has 24 heavy (non-hydrogen) atoms. The molecule has 0 bridgehead atoms. The van der Waals surface area contributed by atoms with E-state index in [-0.39, 0.29) is 11.5 Å². The lowest BCUT2D eigenvalue weighted by atomic mass is 10.1. The molecule has 2 aromatic rings. The highest BCUT2D eigenvalue weighted by Gasteiger charge is 2.34. The largest absolute Gasteiger partial charge is 0.340 e. The summed E-state index contributed by atoms with van der Waals surface area (Å²) in [6, 6.07) is 9.50. The number of hydrogen-bond donors (Lipinski definition) is 1. The van der Waals surface area contributed by atoms with Crippen LogP contribution in [0.3, 0.4) is 0 Å². The molecule has 1 atom stereocenters. The molecule has 4 nitrogen and oxygen atoms in total. The number of aryl methyl sites for hydroxylation is 1. The molecule has 1 fully saturated rings.